The van der Waals surface area contributed by atoms with Crippen molar-refractivity contribution in [3.8, 4) is 0 Å². The zero-order chi connectivity index (χ0) is 21.4. The van der Waals surface area contributed by atoms with Crippen molar-refractivity contribution in [2.45, 2.75) is 75.2 Å². The van der Waals surface area contributed by atoms with Gasteiger partial charge in [-0.2, -0.15) is 0 Å². The van der Waals surface area contributed by atoms with Gasteiger partial charge in [0.2, 0.25) is 10.0 Å². The molecule has 0 radical (unpaired) electrons. The van der Waals surface area contributed by atoms with E-state index in [4.69, 9.17) is 17.3 Å². The molecule has 3 rings (SSSR count). The van der Waals surface area contributed by atoms with Gasteiger partial charge in [0.1, 0.15) is 0 Å². The first-order chi connectivity index (χ1) is 13.7. The molecule has 0 aliphatic heterocycles. The molecule has 0 amide bonds. The van der Waals surface area contributed by atoms with Crippen molar-refractivity contribution < 1.29 is 27.9 Å². The largest absolute Gasteiger partial charge is 0.326 e. The Bertz CT molecular complexity index is 856. The molecular weight excluding hydrogens is 505 g/mol. The molecule has 1 saturated carbocycles. The van der Waals surface area contributed by atoms with Crippen molar-refractivity contribution in [3.63, 3.8) is 0 Å². The third-order valence-corrected chi connectivity index (χ3v) is 7.07. The van der Waals surface area contributed by atoms with E-state index >= 15 is 0 Å². The number of nitrogens with two attached hydrogens (primary N) is 1. The Morgan fingerprint density at radius 3 is 2.10 bits per heavy atom. The number of benzene rings is 2. The molecule has 2 aromatic carbocycles. The van der Waals surface area contributed by atoms with Crippen LogP contribution in [-0.2, 0) is 35.4 Å². The Morgan fingerprint density at radius 2 is 1.60 bits per heavy atom. The van der Waals surface area contributed by atoms with Gasteiger partial charge < -0.3 is 5.73 Å². The average Bonchev–Trinajstić information content (AvgIpc) is 2.70. The summed E-state index contributed by atoms with van der Waals surface area (Å²) >= 11 is 5.66. The molecule has 4 nitrogen and oxygen atoms in total. The maximum absolute atomic E-state index is 12.2. The standard InChI is InChI=1S/C13H20N2O2S.C10H13Cl.Ru/c1-10-6-8-11(9-7-10)18(16,17)15-13-5-3-2-4-12(13)14;1-8(2)10-5-3-9(7-11)4-6-10;/h6-9,12-13,15H,2-5,14H2,1H3;3-6,8H,7H2,1-2H3;/t12-,13-;;/m1../s1. The zero-order valence-electron chi connectivity index (χ0n) is 17.9. The van der Waals surface area contributed by atoms with Crippen LogP contribution < -0.4 is 10.5 Å². The molecule has 0 heterocycles. The molecule has 0 aromatic heterocycles. The van der Waals surface area contributed by atoms with E-state index in [9.17, 15) is 8.42 Å². The van der Waals surface area contributed by atoms with Gasteiger partial charge in [-0.15, -0.1) is 11.6 Å². The number of hydrogen-bond donors (Lipinski definition) is 2. The molecule has 3 N–H and O–H groups in total. The minimum Gasteiger partial charge on any atom is -0.326 e. The Labute approximate surface area is 199 Å². The van der Waals surface area contributed by atoms with E-state index < -0.39 is 10.0 Å². The van der Waals surface area contributed by atoms with Gasteiger partial charge in [0.05, 0.1) is 4.90 Å². The number of hydrogen-bond acceptors (Lipinski definition) is 3. The smallest absolute Gasteiger partial charge is 0.240 e. The molecule has 7 heteroatoms. The van der Waals surface area contributed by atoms with E-state index in [1.54, 1.807) is 24.3 Å². The average molecular weight is 538 g/mol. The second-order valence-electron chi connectivity index (χ2n) is 8.02. The normalized spacial score (nSPS) is 18.9. The topological polar surface area (TPSA) is 72.2 Å². The predicted molar refractivity (Wildman–Crippen MR) is 122 cm³/mol. The maximum atomic E-state index is 12.2. The monoisotopic (exact) mass is 538 g/mol. The fourth-order valence-corrected chi connectivity index (χ4v) is 4.78. The minimum atomic E-state index is -3.44. The fourth-order valence-electron chi connectivity index (χ4n) is 3.28. The summed E-state index contributed by atoms with van der Waals surface area (Å²) in [6.07, 6.45) is 3.84. The predicted octanol–water partition coefficient (Wildman–Crippen LogP) is 5.09. The van der Waals surface area contributed by atoms with Crippen molar-refractivity contribution in [2.75, 3.05) is 0 Å². The molecule has 0 spiro atoms. The first-order valence-corrected chi connectivity index (χ1v) is 12.2. The Balaban J connectivity index is 0.000000324. The SMILES string of the molecule is CC(C)c1ccc(CCl)cc1.Cc1ccc(S(=O)(=O)N[C@@H]2CCCC[C@H]2N)cc1.[Ru]. The van der Waals surface area contributed by atoms with Crippen LogP contribution in [-0.4, -0.2) is 20.5 Å². The van der Waals surface area contributed by atoms with Gasteiger partial charge in [-0.25, -0.2) is 13.1 Å². The summed E-state index contributed by atoms with van der Waals surface area (Å²) in [5.74, 6) is 1.22. The van der Waals surface area contributed by atoms with Crippen molar-refractivity contribution in [1.29, 1.82) is 0 Å². The van der Waals surface area contributed by atoms with Crippen LogP contribution >= 0.6 is 11.6 Å². The van der Waals surface area contributed by atoms with Crippen LogP contribution in [0.2, 0.25) is 0 Å². The molecule has 0 saturated heterocycles. The van der Waals surface area contributed by atoms with E-state index in [1.165, 1.54) is 11.1 Å². The minimum absolute atomic E-state index is 0. The van der Waals surface area contributed by atoms with Crippen LogP contribution in [0.4, 0.5) is 0 Å². The summed E-state index contributed by atoms with van der Waals surface area (Å²) in [4.78, 5) is 0.311. The van der Waals surface area contributed by atoms with Crippen LogP contribution in [0.3, 0.4) is 0 Å². The van der Waals surface area contributed by atoms with Gasteiger partial charge in [0, 0.05) is 37.4 Å². The number of aryl methyl sites for hydroxylation is 1. The Morgan fingerprint density at radius 1 is 1.03 bits per heavy atom. The third kappa shape index (κ3) is 8.39. The van der Waals surface area contributed by atoms with E-state index in [2.05, 4.69) is 42.8 Å². The Kier molecular flexibility index (Phi) is 11.7. The number of nitrogens with one attached hydrogen (secondary N) is 1. The molecule has 1 aliphatic rings. The number of sulfonamides is 1. The van der Waals surface area contributed by atoms with Crippen LogP contribution in [0.15, 0.2) is 53.4 Å². The summed E-state index contributed by atoms with van der Waals surface area (Å²) in [5.41, 5.74) is 9.57. The van der Waals surface area contributed by atoms with E-state index in [0.29, 0.717) is 16.7 Å². The summed E-state index contributed by atoms with van der Waals surface area (Å²) in [6, 6.07) is 15.1. The first-order valence-electron chi connectivity index (χ1n) is 10.2. The van der Waals surface area contributed by atoms with Gasteiger partial charge in [0.15, 0.2) is 0 Å². The van der Waals surface area contributed by atoms with Gasteiger partial charge in [-0.1, -0.05) is 68.7 Å². The molecule has 0 unspecified atom stereocenters. The zero-order valence-corrected chi connectivity index (χ0v) is 21.2. The fraction of sp³-hybridized carbons (Fsp3) is 0.478. The van der Waals surface area contributed by atoms with Crippen LogP contribution in [0, 0.1) is 6.92 Å². The molecule has 2 aromatic rings. The molecule has 0 bridgehead atoms. The van der Waals surface area contributed by atoms with Gasteiger partial charge >= 0.3 is 0 Å². The number of halogens is 1. The molecule has 2 atom stereocenters. The van der Waals surface area contributed by atoms with E-state index in [-0.39, 0.29) is 31.6 Å². The van der Waals surface area contributed by atoms with E-state index in [0.717, 1.165) is 31.2 Å². The number of rotatable bonds is 5. The van der Waals surface area contributed by atoms with Crippen molar-refractivity contribution in [1.82, 2.24) is 4.72 Å². The quantitative estimate of drug-likeness (QED) is 0.412. The Hall–Kier alpha value is -0.777. The van der Waals surface area contributed by atoms with Gasteiger partial charge in [-0.05, 0) is 48.9 Å². The molecule has 1 fully saturated rings. The molecule has 168 valence electrons. The molecule has 1 aliphatic carbocycles. The van der Waals surface area contributed by atoms with Crippen molar-refractivity contribution in [2.24, 2.45) is 5.73 Å². The molecule has 30 heavy (non-hydrogen) atoms. The van der Waals surface area contributed by atoms with Crippen LogP contribution in [0.1, 0.15) is 62.1 Å². The van der Waals surface area contributed by atoms with E-state index in [1.807, 2.05) is 6.92 Å². The second-order valence-corrected chi connectivity index (χ2v) is 10.0. The summed E-state index contributed by atoms with van der Waals surface area (Å²) in [7, 11) is -3.44. The third-order valence-electron chi connectivity index (χ3n) is 5.26. The van der Waals surface area contributed by atoms with Crippen molar-refractivity contribution in [3.05, 3.63) is 65.2 Å². The van der Waals surface area contributed by atoms with Crippen molar-refractivity contribution >= 4 is 21.6 Å². The number of alkyl halides is 1. The maximum Gasteiger partial charge on any atom is 0.240 e. The van der Waals surface area contributed by atoms with Crippen LogP contribution in [0.5, 0.6) is 0 Å². The van der Waals surface area contributed by atoms with Gasteiger partial charge in [0.25, 0.3) is 0 Å². The van der Waals surface area contributed by atoms with Gasteiger partial charge in [-0.3, -0.25) is 0 Å². The van der Waals surface area contributed by atoms with Crippen LogP contribution in [0.25, 0.3) is 0 Å². The summed E-state index contributed by atoms with van der Waals surface area (Å²) in [5, 5.41) is 0. The summed E-state index contributed by atoms with van der Waals surface area (Å²) in [6.45, 7) is 6.31. The first kappa shape index (κ1) is 27.3. The second kappa shape index (κ2) is 12.9. The molecular formula is C23H33ClN2O2RuS. The summed E-state index contributed by atoms with van der Waals surface area (Å²) < 4.78 is 27.1.